The molecule has 46 heavy (non-hydrogen) atoms. The second-order valence-corrected chi connectivity index (χ2v) is 12.6. The van der Waals surface area contributed by atoms with Gasteiger partial charge in [-0.25, -0.2) is 19.7 Å². The van der Waals surface area contributed by atoms with E-state index >= 15 is 0 Å². The first-order valence-corrected chi connectivity index (χ1v) is 16.6. The van der Waals surface area contributed by atoms with Crippen molar-refractivity contribution in [1.29, 1.82) is 0 Å². The summed E-state index contributed by atoms with van der Waals surface area (Å²) in [7, 11) is 0. The van der Waals surface area contributed by atoms with Crippen molar-refractivity contribution in [2.24, 2.45) is 11.0 Å². The molecule has 10 nitrogen and oxygen atoms in total. The number of imide groups is 1. The van der Waals surface area contributed by atoms with Crippen LogP contribution in [-0.4, -0.2) is 70.8 Å². The summed E-state index contributed by atoms with van der Waals surface area (Å²) >= 11 is 0. The third kappa shape index (κ3) is 5.77. The Labute approximate surface area is 269 Å². The summed E-state index contributed by atoms with van der Waals surface area (Å²) < 4.78 is 5.64. The van der Waals surface area contributed by atoms with Crippen LogP contribution in [0.25, 0.3) is 0 Å². The maximum atomic E-state index is 14.5. The maximum Gasteiger partial charge on any atom is 0.351 e. The predicted molar refractivity (Wildman–Crippen MR) is 177 cm³/mol. The first kappa shape index (κ1) is 30.1. The van der Waals surface area contributed by atoms with Gasteiger partial charge < -0.3 is 10.1 Å². The molecule has 0 radical (unpaired) electrons. The lowest BCUT2D eigenvalue weighted by Gasteiger charge is -2.33. The molecule has 4 amide bonds. The number of carbonyl (C=O) groups is 3. The van der Waals surface area contributed by atoms with Crippen LogP contribution in [-0.2, 0) is 4.74 Å². The molecule has 2 aromatic carbocycles. The Kier molecular flexibility index (Phi) is 8.53. The molecule has 2 fully saturated rings. The zero-order valence-electron chi connectivity index (χ0n) is 26.3. The molecule has 1 saturated carbocycles. The molecule has 0 bridgehead atoms. The number of anilines is 3. The van der Waals surface area contributed by atoms with Crippen LogP contribution in [0.3, 0.4) is 0 Å². The number of fused-ring (bicyclic) bond motifs is 2. The number of urea groups is 1. The second kappa shape index (κ2) is 13.0. The topological polar surface area (TPSA) is 107 Å². The Morgan fingerprint density at radius 3 is 2.30 bits per heavy atom. The number of hydrogen-bond donors (Lipinski definition) is 1. The molecule has 7 rings (SSSR count). The molecule has 0 spiro atoms. The van der Waals surface area contributed by atoms with Gasteiger partial charge in [0.05, 0.1) is 40.5 Å². The number of hydrazone groups is 1. The zero-order chi connectivity index (χ0) is 31.6. The minimum Gasteiger partial charge on any atom is -0.384 e. The van der Waals surface area contributed by atoms with Crippen LogP contribution in [0.5, 0.6) is 0 Å². The van der Waals surface area contributed by atoms with E-state index in [-0.39, 0.29) is 23.9 Å². The molecule has 1 aromatic heterocycles. The summed E-state index contributed by atoms with van der Waals surface area (Å²) in [5.74, 6) is 0.361. The summed E-state index contributed by atoms with van der Waals surface area (Å²) in [6.45, 7) is 4.15. The van der Waals surface area contributed by atoms with Gasteiger partial charge >= 0.3 is 6.03 Å². The number of pyridine rings is 1. The fraction of sp³-hybridized carbons (Fsp3) is 0.417. The monoisotopic (exact) mass is 620 g/mol. The average Bonchev–Trinajstić information content (AvgIpc) is 3.25. The van der Waals surface area contributed by atoms with Crippen molar-refractivity contribution in [3.8, 4) is 0 Å². The van der Waals surface area contributed by atoms with Crippen molar-refractivity contribution in [3.05, 3.63) is 83.0 Å². The molecule has 0 atom stereocenters. The maximum absolute atomic E-state index is 14.5. The molecule has 3 aromatic rings. The number of nitrogens with zero attached hydrogens (tertiary/aromatic N) is 5. The predicted octanol–water partition coefficient (Wildman–Crippen LogP) is 6.53. The van der Waals surface area contributed by atoms with Gasteiger partial charge in [-0.05, 0) is 74.9 Å². The molecule has 10 heteroatoms. The third-order valence-corrected chi connectivity index (χ3v) is 9.54. The average molecular weight is 621 g/mol. The highest BCUT2D eigenvalue weighted by atomic mass is 16.5. The molecule has 1 aliphatic carbocycles. The van der Waals surface area contributed by atoms with Crippen LogP contribution >= 0.6 is 0 Å². The van der Waals surface area contributed by atoms with E-state index in [1.165, 1.54) is 24.2 Å². The SMILES string of the molecule is Cc1ccc2c(c1)N(c1ccc(NCCCN3C(=O)c4ccccc4C3=O)cn1)C(=O)N(C1CCOCC1)N=C2C1CCCCC1. The molecule has 0 unspecified atom stereocenters. The van der Waals surface area contributed by atoms with E-state index in [9.17, 15) is 14.4 Å². The fourth-order valence-electron chi connectivity index (χ4n) is 7.06. The van der Waals surface area contributed by atoms with E-state index < -0.39 is 0 Å². The van der Waals surface area contributed by atoms with Crippen molar-refractivity contribution in [3.63, 3.8) is 0 Å². The van der Waals surface area contributed by atoms with Crippen LogP contribution in [0.4, 0.5) is 22.0 Å². The van der Waals surface area contributed by atoms with E-state index in [4.69, 9.17) is 14.8 Å². The minimum atomic E-state index is -0.241. The van der Waals surface area contributed by atoms with E-state index in [1.807, 2.05) is 19.1 Å². The molecule has 4 aliphatic rings. The van der Waals surface area contributed by atoms with Crippen molar-refractivity contribution >= 4 is 40.7 Å². The van der Waals surface area contributed by atoms with Gasteiger partial charge in [-0.1, -0.05) is 43.5 Å². The van der Waals surface area contributed by atoms with Gasteiger partial charge in [0, 0.05) is 37.8 Å². The number of benzene rings is 2. The number of nitrogens with one attached hydrogen (secondary N) is 1. The van der Waals surface area contributed by atoms with Crippen molar-refractivity contribution in [2.75, 3.05) is 36.5 Å². The molecule has 3 aliphatic heterocycles. The summed E-state index contributed by atoms with van der Waals surface area (Å²) in [5, 5.41) is 10.3. The van der Waals surface area contributed by atoms with Crippen LogP contribution in [0.1, 0.15) is 83.2 Å². The van der Waals surface area contributed by atoms with E-state index in [0.29, 0.717) is 55.6 Å². The summed E-state index contributed by atoms with van der Waals surface area (Å²) in [5.41, 5.74) is 5.61. The first-order valence-electron chi connectivity index (χ1n) is 16.6. The number of carbonyl (C=O) groups excluding carboxylic acids is 3. The van der Waals surface area contributed by atoms with Crippen LogP contribution in [0.15, 0.2) is 65.9 Å². The Balaban J connectivity index is 1.11. The Morgan fingerprint density at radius 1 is 0.870 bits per heavy atom. The van der Waals surface area contributed by atoms with E-state index in [2.05, 4.69) is 23.5 Å². The number of ether oxygens (including phenoxy) is 1. The van der Waals surface area contributed by atoms with Gasteiger partial charge in [0.25, 0.3) is 11.8 Å². The normalized spacial score (nSPS) is 19.2. The summed E-state index contributed by atoms with van der Waals surface area (Å²) in [6, 6.07) is 16.8. The molecule has 238 valence electrons. The van der Waals surface area contributed by atoms with E-state index in [0.717, 1.165) is 53.9 Å². The highest BCUT2D eigenvalue weighted by Gasteiger charge is 2.38. The molecular weight excluding hydrogens is 580 g/mol. The molecule has 1 N–H and O–H groups in total. The highest BCUT2D eigenvalue weighted by Crippen LogP contribution is 2.38. The summed E-state index contributed by atoms with van der Waals surface area (Å²) in [4.78, 5) is 47.7. The van der Waals surface area contributed by atoms with Crippen molar-refractivity contribution < 1.29 is 19.1 Å². The number of aryl methyl sites for hydroxylation is 1. The lowest BCUT2D eigenvalue weighted by molar-refractivity contribution is 0.0480. The number of amides is 4. The van der Waals surface area contributed by atoms with Gasteiger partial charge in [0.2, 0.25) is 0 Å². The fourth-order valence-corrected chi connectivity index (χ4v) is 7.06. The van der Waals surface area contributed by atoms with Crippen molar-refractivity contribution in [2.45, 2.75) is 64.3 Å². The lowest BCUT2D eigenvalue weighted by atomic mass is 9.82. The second-order valence-electron chi connectivity index (χ2n) is 12.6. The smallest absolute Gasteiger partial charge is 0.351 e. The molecular formula is C36H40N6O4. The molecule has 4 heterocycles. The Morgan fingerprint density at radius 2 is 1.61 bits per heavy atom. The summed E-state index contributed by atoms with van der Waals surface area (Å²) in [6.07, 6.45) is 9.55. The Hall–Kier alpha value is -4.57. The van der Waals surface area contributed by atoms with Gasteiger partial charge in [-0.3, -0.25) is 14.5 Å². The molecule has 1 saturated heterocycles. The minimum absolute atomic E-state index is 0.0409. The number of hydrogen-bond acceptors (Lipinski definition) is 7. The van der Waals surface area contributed by atoms with Gasteiger partial charge in [0.1, 0.15) is 5.82 Å². The highest BCUT2D eigenvalue weighted by molar-refractivity contribution is 6.21. The lowest BCUT2D eigenvalue weighted by Crippen LogP contribution is -2.45. The van der Waals surface area contributed by atoms with Crippen LogP contribution < -0.4 is 10.2 Å². The van der Waals surface area contributed by atoms with Gasteiger partial charge in [-0.15, -0.1) is 0 Å². The quantitative estimate of drug-likeness (QED) is 0.227. The zero-order valence-corrected chi connectivity index (χ0v) is 26.3. The first-order chi connectivity index (χ1) is 22.5. The standard InChI is InChI=1S/C36H40N6O4/c1-24-12-14-30-31(22-24)41(36(45)42(27-16-20-46-21-17-27)39-33(30)25-8-3-2-4-9-25)32-15-13-26(23-38-32)37-18-7-19-40-34(43)28-10-5-6-11-29(28)35(40)44/h5-6,10-15,22-23,25,27,37H,2-4,7-9,16-21H2,1H3. The van der Waals surface area contributed by atoms with Crippen LogP contribution in [0, 0.1) is 12.8 Å². The van der Waals surface area contributed by atoms with Gasteiger partial charge in [0.15, 0.2) is 0 Å². The Bertz CT molecular complexity index is 1620. The van der Waals surface area contributed by atoms with Gasteiger partial charge in [-0.2, -0.15) is 5.10 Å². The van der Waals surface area contributed by atoms with Crippen LogP contribution in [0.2, 0.25) is 0 Å². The van der Waals surface area contributed by atoms with E-state index in [1.54, 1.807) is 40.4 Å². The third-order valence-electron chi connectivity index (χ3n) is 9.54. The van der Waals surface area contributed by atoms with Crippen molar-refractivity contribution in [1.82, 2.24) is 14.9 Å². The number of rotatable bonds is 8. The largest absolute Gasteiger partial charge is 0.384 e. The number of aromatic nitrogens is 1.